The lowest BCUT2D eigenvalue weighted by Gasteiger charge is -2.06. The first-order chi connectivity index (χ1) is 7.99. The Hall–Kier alpha value is -1.33. The number of aromatic carboxylic acids is 1. The van der Waals surface area contributed by atoms with Crippen LogP contribution in [-0.4, -0.2) is 15.6 Å². The van der Waals surface area contributed by atoms with Crippen molar-refractivity contribution >= 4 is 33.5 Å². The van der Waals surface area contributed by atoms with Crippen molar-refractivity contribution in [2.75, 3.05) is 0 Å². The summed E-state index contributed by atoms with van der Waals surface area (Å²) in [7, 11) is 0. The first-order valence-electron chi connectivity index (χ1n) is 4.55. The van der Waals surface area contributed by atoms with Gasteiger partial charge in [0.15, 0.2) is 0 Å². The van der Waals surface area contributed by atoms with E-state index in [1.807, 2.05) is 0 Å². The molecule has 2 aromatic rings. The third-order valence-corrected chi connectivity index (χ3v) is 3.00. The number of hydrogen-bond acceptors (Lipinski definition) is 1. The molecule has 1 heterocycles. The molecule has 0 aliphatic heterocycles. The number of carboxylic acid groups (broad SMARTS) is 1. The smallest absolute Gasteiger partial charge is 0.352 e. The largest absolute Gasteiger partial charge is 0.477 e. The predicted octanol–water partition coefficient (Wildman–Crippen LogP) is 3.73. The molecule has 0 saturated heterocycles. The molecule has 1 aromatic carbocycles. The van der Waals surface area contributed by atoms with Crippen molar-refractivity contribution < 1.29 is 14.3 Å². The van der Waals surface area contributed by atoms with E-state index in [-0.39, 0.29) is 10.2 Å². The van der Waals surface area contributed by atoms with Crippen LogP contribution in [-0.2, 0) is 0 Å². The van der Waals surface area contributed by atoms with Crippen LogP contribution in [0.15, 0.2) is 34.9 Å². The van der Waals surface area contributed by atoms with Crippen LogP contribution in [0.25, 0.3) is 5.69 Å². The lowest BCUT2D eigenvalue weighted by atomic mass is 10.3. The van der Waals surface area contributed by atoms with Gasteiger partial charge in [0.05, 0.1) is 9.50 Å². The highest BCUT2D eigenvalue weighted by Crippen LogP contribution is 2.23. The van der Waals surface area contributed by atoms with E-state index in [0.717, 1.165) is 0 Å². The molecule has 0 aliphatic carbocycles. The van der Waals surface area contributed by atoms with Crippen LogP contribution in [0.5, 0.6) is 0 Å². The molecule has 0 unspecified atom stereocenters. The van der Waals surface area contributed by atoms with Crippen LogP contribution in [0.2, 0.25) is 5.02 Å². The van der Waals surface area contributed by atoms with Gasteiger partial charge in [0.2, 0.25) is 0 Å². The van der Waals surface area contributed by atoms with Gasteiger partial charge < -0.3 is 9.67 Å². The summed E-state index contributed by atoms with van der Waals surface area (Å²) in [4.78, 5) is 11.0. The minimum Gasteiger partial charge on any atom is -0.477 e. The molecule has 0 aliphatic rings. The van der Waals surface area contributed by atoms with E-state index in [1.54, 1.807) is 0 Å². The predicted molar refractivity (Wildman–Crippen MR) is 65.4 cm³/mol. The van der Waals surface area contributed by atoms with Crippen molar-refractivity contribution in [3.05, 3.63) is 51.5 Å². The average Bonchev–Trinajstić information content (AvgIpc) is 2.64. The zero-order valence-corrected chi connectivity index (χ0v) is 10.7. The minimum atomic E-state index is -1.10. The van der Waals surface area contributed by atoms with Gasteiger partial charge in [0, 0.05) is 11.9 Å². The van der Waals surface area contributed by atoms with Crippen LogP contribution in [0.4, 0.5) is 4.39 Å². The molecule has 0 bridgehead atoms. The Balaban J connectivity index is 2.59. The Morgan fingerprint density at radius 3 is 2.71 bits per heavy atom. The second kappa shape index (κ2) is 4.50. The second-order valence-corrected chi connectivity index (χ2v) is 4.61. The number of carboxylic acids is 1. The molecule has 2 rings (SSSR count). The maximum Gasteiger partial charge on any atom is 0.352 e. The fourth-order valence-corrected chi connectivity index (χ4v) is 2.01. The van der Waals surface area contributed by atoms with Crippen molar-refractivity contribution in [2.24, 2.45) is 0 Å². The molecular weight excluding hydrogens is 312 g/mol. The lowest BCUT2D eigenvalue weighted by molar-refractivity contribution is 0.0688. The van der Waals surface area contributed by atoms with Crippen LogP contribution in [0.1, 0.15) is 10.5 Å². The number of benzene rings is 1. The van der Waals surface area contributed by atoms with Gasteiger partial charge in [-0.25, -0.2) is 9.18 Å². The average molecular weight is 319 g/mol. The van der Waals surface area contributed by atoms with Crippen molar-refractivity contribution in [3.63, 3.8) is 0 Å². The Morgan fingerprint density at radius 2 is 2.12 bits per heavy atom. The third kappa shape index (κ3) is 2.35. The molecule has 0 amide bonds. The van der Waals surface area contributed by atoms with Gasteiger partial charge >= 0.3 is 5.97 Å². The van der Waals surface area contributed by atoms with Crippen LogP contribution >= 0.6 is 27.5 Å². The highest BCUT2D eigenvalue weighted by Gasteiger charge is 2.13. The number of halogens is 3. The van der Waals surface area contributed by atoms with Crippen molar-refractivity contribution in [3.8, 4) is 5.69 Å². The van der Waals surface area contributed by atoms with E-state index < -0.39 is 11.8 Å². The minimum absolute atomic E-state index is 0.0218. The second-order valence-electron chi connectivity index (χ2n) is 3.32. The van der Waals surface area contributed by atoms with Crippen molar-refractivity contribution in [2.45, 2.75) is 0 Å². The van der Waals surface area contributed by atoms with Gasteiger partial charge in [-0.1, -0.05) is 11.6 Å². The van der Waals surface area contributed by atoms with Crippen molar-refractivity contribution in [1.29, 1.82) is 0 Å². The first kappa shape index (κ1) is 12.1. The summed E-state index contributed by atoms with van der Waals surface area (Å²) in [5, 5.41) is 9.31. The van der Waals surface area contributed by atoms with Crippen LogP contribution in [0, 0.1) is 5.82 Å². The molecule has 3 nitrogen and oxygen atoms in total. The maximum atomic E-state index is 13.1. The quantitative estimate of drug-likeness (QED) is 0.916. The molecule has 6 heteroatoms. The molecule has 17 heavy (non-hydrogen) atoms. The summed E-state index contributed by atoms with van der Waals surface area (Å²) in [6.07, 6.45) is 1.46. The molecule has 0 radical (unpaired) electrons. The Kier molecular flexibility index (Phi) is 3.22. The highest BCUT2D eigenvalue weighted by molar-refractivity contribution is 9.10. The van der Waals surface area contributed by atoms with Crippen LogP contribution < -0.4 is 0 Å². The molecular formula is C11H6BrClFNO2. The van der Waals surface area contributed by atoms with E-state index >= 15 is 0 Å². The zero-order chi connectivity index (χ0) is 12.6. The maximum absolute atomic E-state index is 13.1. The Morgan fingerprint density at radius 1 is 1.41 bits per heavy atom. The van der Waals surface area contributed by atoms with Gasteiger partial charge in [0.25, 0.3) is 0 Å². The molecule has 1 N–H and O–H groups in total. The number of aromatic nitrogens is 1. The molecule has 1 aromatic heterocycles. The van der Waals surface area contributed by atoms with Crippen LogP contribution in [0.3, 0.4) is 0 Å². The Bertz CT molecular complexity index is 597. The lowest BCUT2D eigenvalue weighted by Crippen LogP contribution is -2.05. The van der Waals surface area contributed by atoms with Gasteiger partial charge in [-0.3, -0.25) is 0 Å². The molecule has 0 saturated carbocycles. The van der Waals surface area contributed by atoms with E-state index in [1.165, 1.54) is 35.0 Å². The van der Waals surface area contributed by atoms with E-state index in [0.29, 0.717) is 10.7 Å². The first-order valence-corrected chi connectivity index (χ1v) is 5.73. The monoisotopic (exact) mass is 317 g/mol. The summed E-state index contributed by atoms with van der Waals surface area (Å²) in [5.41, 5.74) is 0.538. The van der Waals surface area contributed by atoms with Crippen molar-refractivity contribution in [1.82, 2.24) is 4.57 Å². The number of carbonyl (C=O) groups is 1. The zero-order valence-electron chi connectivity index (χ0n) is 8.32. The third-order valence-electron chi connectivity index (χ3n) is 2.19. The number of hydrogen-bond donors (Lipinski definition) is 1. The van der Waals surface area contributed by atoms with E-state index in [9.17, 15) is 9.18 Å². The fourth-order valence-electron chi connectivity index (χ4n) is 1.44. The fraction of sp³-hybridized carbons (Fsp3) is 0. The summed E-state index contributed by atoms with van der Waals surface area (Å²) < 4.78 is 14.7. The van der Waals surface area contributed by atoms with Gasteiger partial charge in [-0.05, 0) is 40.2 Å². The SMILES string of the molecule is O=C(O)c1cc(Cl)cn1-c1ccc(F)c(Br)c1. The molecule has 0 spiro atoms. The van der Waals surface area contributed by atoms with E-state index in [4.69, 9.17) is 16.7 Å². The summed E-state index contributed by atoms with van der Waals surface area (Å²) in [6, 6.07) is 5.54. The Labute approximate surface area is 110 Å². The standard InChI is InChI=1S/C11H6BrClFNO2/c12-8-4-7(1-2-9(8)14)15-5-6(13)3-10(15)11(16)17/h1-5H,(H,16,17). The summed E-state index contributed by atoms with van der Waals surface area (Å²) in [5.74, 6) is -1.51. The van der Waals surface area contributed by atoms with Gasteiger partial charge in [0.1, 0.15) is 11.5 Å². The number of rotatable bonds is 2. The topological polar surface area (TPSA) is 42.2 Å². The molecule has 88 valence electrons. The highest BCUT2D eigenvalue weighted by atomic mass is 79.9. The number of nitrogens with zero attached hydrogens (tertiary/aromatic N) is 1. The summed E-state index contributed by atoms with van der Waals surface area (Å²) in [6.45, 7) is 0. The van der Waals surface area contributed by atoms with Gasteiger partial charge in [-0.2, -0.15) is 0 Å². The summed E-state index contributed by atoms with van der Waals surface area (Å²) >= 11 is 8.80. The molecule has 0 fully saturated rings. The van der Waals surface area contributed by atoms with Gasteiger partial charge in [-0.15, -0.1) is 0 Å². The molecule has 0 atom stereocenters. The normalized spacial score (nSPS) is 10.5. The van der Waals surface area contributed by atoms with E-state index in [2.05, 4.69) is 15.9 Å².